The summed E-state index contributed by atoms with van der Waals surface area (Å²) in [6.45, 7) is 3.91. The van der Waals surface area contributed by atoms with Crippen molar-refractivity contribution in [1.29, 1.82) is 0 Å². The molecule has 0 bridgehead atoms. The second-order valence-corrected chi connectivity index (χ2v) is 7.89. The summed E-state index contributed by atoms with van der Waals surface area (Å²) < 4.78 is 18.6. The fourth-order valence-electron chi connectivity index (χ4n) is 4.23. The topological polar surface area (TPSA) is 45.3 Å². The number of carbonyl (C=O) groups is 1. The van der Waals surface area contributed by atoms with Gasteiger partial charge in [0.15, 0.2) is 5.78 Å². The molecule has 0 saturated carbocycles. The number of aromatic amines is 1. The van der Waals surface area contributed by atoms with E-state index in [4.69, 9.17) is 4.74 Å². The number of halogens is 1. The van der Waals surface area contributed by atoms with Crippen LogP contribution < -0.4 is 0 Å². The van der Waals surface area contributed by atoms with Gasteiger partial charge in [-0.25, -0.2) is 4.39 Å². The van der Waals surface area contributed by atoms with E-state index in [1.807, 2.05) is 6.07 Å². The summed E-state index contributed by atoms with van der Waals surface area (Å²) in [5, 5.41) is 1.05. The number of benzene rings is 2. The Labute approximate surface area is 170 Å². The van der Waals surface area contributed by atoms with E-state index >= 15 is 0 Å². The minimum atomic E-state index is -0.316. The summed E-state index contributed by atoms with van der Waals surface area (Å²) in [6.07, 6.45) is 2.57. The molecule has 4 rings (SSSR count). The van der Waals surface area contributed by atoms with Gasteiger partial charge in [-0.3, -0.25) is 4.79 Å². The lowest BCUT2D eigenvalue weighted by atomic mass is 9.90. The first-order valence-electron chi connectivity index (χ1n) is 10.2. The number of aromatic nitrogens is 1. The standard InChI is InChI=1S/C24H27FN2O2/c1-29-11-10-27-9-3-5-19(16-27)18-7-8-22-20(14-18)15-23(26-22)24(28)13-17-4-2-6-21(25)12-17/h2,4,6-8,12,14-15,19,26H,3,5,9-11,13,16H2,1H3. The van der Waals surface area contributed by atoms with Crippen molar-refractivity contribution in [2.45, 2.75) is 25.2 Å². The second kappa shape index (κ2) is 8.89. The third-order valence-electron chi connectivity index (χ3n) is 5.79. The van der Waals surface area contributed by atoms with Crippen LogP contribution in [0.25, 0.3) is 10.9 Å². The highest BCUT2D eigenvalue weighted by Gasteiger charge is 2.21. The van der Waals surface area contributed by atoms with Crippen LogP contribution in [0.15, 0.2) is 48.5 Å². The van der Waals surface area contributed by atoms with Crippen molar-refractivity contribution in [2.75, 3.05) is 33.4 Å². The number of Topliss-reactive ketones (excluding diaryl/α,β-unsaturated/α-hetero) is 1. The van der Waals surface area contributed by atoms with Gasteiger partial charge in [-0.05, 0) is 66.8 Å². The highest BCUT2D eigenvalue weighted by molar-refractivity contribution is 6.00. The van der Waals surface area contributed by atoms with Gasteiger partial charge in [0.1, 0.15) is 5.82 Å². The summed E-state index contributed by atoms with van der Waals surface area (Å²) in [5.41, 5.74) is 3.55. The fraction of sp³-hybridized carbons (Fsp3) is 0.375. The molecule has 1 atom stereocenters. The maximum atomic E-state index is 13.4. The van der Waals surface area contributed by atoms with Crippen molar-refractivity contribution >= 4 is 16.7 Å². The Kier molecular flexibility index (Phi) is 6.07. The fourth-order valence-corrected chi connectivity index (χ4v) is 4.23. The third-order valence-corrected chi connectivity index (χ3v) is 5.79. The van der Waals surface area contributed by atoms with Gasteiger partial charge in [-0.1, -0.05) is 18.2 Å². The Bertz CT molecular complexity index is 997. The van der Waals surface area contributed by atoms with Crippen molar-refractivity contribution in [3.05, 3.63) is 71.2 Å². The van der Waals surface area contributed by atoms with Crippen molar-refractivity contribution in [1.82, 2.24) is 9.88 Å². The summed E-state index contributed by atoms with van der Waals surface area (Å²) in [4.78, 5) is 18.3. The molecular weight excluding hydrogens is 367 g/mol. The minimum absolute atomic E-state index is 0.0308. The molecule has 1 unspecified atom stereocenters. The predicted octanol–water partition coefficient (Wildman–Crippen LogP) is 4.56. The molecule has 3 aromatic rings. The molecule has 1 fully saturated rings. The van der Waals surface area contributed by atoms with Gasteiger partial charge < -0.3 is 14.6 Å². The van der Waals surface area contributed by atoms with E-state index < -0.39 is 0 Å². The monoisotopic (exact) mass is 394 g/mol. The summed E-state index contributed by atoms with van der Waals surface area (Å²) in [6, 6.07) is 14.6. The molecule has 0 spiro atoms. The van der Waals surface area contributed by atoms with Gasteiger partial charge in [-0.15, -0.1) is 0 Å². The number of ketones is 1. The first kappa shape index (κ1) is 19.8. The number of fused-ring (bicyclic) bond motifs is 1. The average molecular weight is 394 g/mol. The van der Waals surface area contributed by atoms with Crippen molar-refractivity contribution in [3.8, 4) is 0 Å². The molecule has 1 aliphatic rings. The first-order chi connectivity index (χ1) is 14.1. The normalized spacial score (nSPS) is 17.7. The van der Waals surface area contributed by atoms with Crippen LogP contribution in [0, 0.1) is 5.82 Å². The van der Waals surface area contributed by atoms with Crippen molar-refractivity contribution in [2.24, 2.45) is 0 Å². The zero-order valence-electron chi connectivity index (χ0n) is 16.8. The molecule has 1 saturated heterocycles. The van der Waals surface area contributed by atoms with Gasteiger partial charge in [0.2, 0.25) is 0 Å². The lowest BCUT2D eigenvalue weighted by Gasteiger charge is -2.32. The van der Waals surface area contributed by atoms with Gasteiger partial charge in [-0.2, -0.15) is 0 Å². The van der Waals surface area contributed by atoms with E-state index in [-0.39, 0.29) is 18.0 Å². The number of H-pyrrole nitrogens is 1. The molecule has 1 aliphatic heterocycles. The Morgan fingerprint density at radius 1 is 1.24 bits per heavy atom. The van der Waals surface area contributed by atoms with Crippen LogP contribution in [0.1, 0.15) is 40.4 Å². The van der Waals surface area contributed by atoms with Crippen molar-refractivity contribution < 1.29 is 13.9 Å². The van der Waals surface area contributed by atoms with Crippen LogP contribution in [0.2, 0.25) is 0 Å². The zero-order chi connectivity index (χ0) is 20.2. The first-order valence-corrected chi connectivity index (χ1v) is 10.2. The molecule has 1 N–H and O–H groups in total. The molecule has 0 aliphatic carbocycles. The lowest BCUT2D eigenvalue weighted by Crippen LogP contribution is -2.36. The van der Waals surface area contributed by atoms with E-state index in [2.05, 4.69) is 28.1 Å². The maximum absolute atomic E-state index is 13.4. The molecule has 0 radical (unpaired) electrons. The van der Waals surface area contributed by atoms with E-state index in [1.165, 1.54) is 30.5 Å². The molecule has 2 aromatic carbocycles. The van der Waals surface area contributed by atoms with Crippen molar-refractivity contribution in [3.63, 3.8) is 0 Å². The van der Waals surface area contributed by atoms with Crippen LogP contribution >= 0.6 is 0 Å². The zero-order valence-corrected chi connectivity index (χ0v) is 16.8. The number of hydrogen-bond acceptors (Lipinski definition) is 3. The second-order valence-electron chi connectivity index (χ2n) is 7.89. The largest absolute Gasteiger partial charge is 0.383 e. The smallest absolute Gasteiger partial charge is 0.183 e. The molecule has 2 heterocycles. The van der Waals surface area contributed by atoms with E-state index in [0.717, 1.165) is 37.1 Å². The van der Waals surface area contributed by atoms with Crippen LogP contribution in [-0.4, -0.2) is 49.0 Å². The molecule has 29 heavy (non-hydrogen) atoms. The summed E-state index contributed by atoms with van der Waals surface area (Å²) >= 11 is 0. The SMILES string of the molecule is COCCN1CCCC(c2ccc3[nH]c(C(=O)Cc4cccc(F)c4)cc3c2)C1. The number of hydrogen-bond donors (Lipinski definition) is 1. The predicted molar refractivity (Wildman–Crippen MR) is 113 cm³/mol. The Morgan fingerprint density at radius 2 is 2.14 bits per heavy atom. The Balaban J connectivity index is 1.49. The number of ether oxygens (including phenoxy) is 1. The average Bonchev–Trinajstić information content (AvgIpc) is 3.16. The minimum Gasteiger partial charge on any atom is -0.383 e. The molecule has 152 valence electrons. The molecule has 1 aromatic heterocycles. The Hall–Kier alpha value is -2.50. The molecular formula is C24H27FN2O2. The summed E-state index contributed by atoms with van der Waals surface area (Å²) in [5.74, 6) is 0.159. The van der Waals surface area contributed by atoms with Crippen LogP contribution in [0.4, 0.5) is 4.39 Å². The Morgan fingerprint density at radius 3 is 2.97 bits per heavy atom. The van der Waals surface area contributed by atoms with E-state index in [1.54, 1.807) is 19.2 Å². The highest BCUT2D eigenvalue weighted by Crippen LogP contribution is 2.29. The van der Waals surface area contributed by atoms with Crippen LogP contribution in [0.5, 0.6) is 0 Å². The number of nitrogens with one attached hydrogen (secondary N) is 1. The number of carbonyl (C=O) groups excluding carboxylic acids is 1. The van der Waals surface area contributed by atoms with Gasteiger partial charge in [0.25, 0.3) is 0 Å². The number of nitrogens with zero attached hydrogens (tertiary/aromatic N) is 1. The molecule has 5 heteroatoms. The number of likely N-dealkylation sites (tertiary alicyclic amines) is 1. The quantitative estimate of drug-likeness (QED) is 0.598. The third kappa shape index (κ3) is 4.74. The number of methoxy groups -OCH3 is 1. The van der Waals surface area contributed by atoms with Gasteiger partial charge in [0.05, 0.1) is 12.3 Å². The van der Waals surface area contributed by atoms with Crippen LogP contribution in [0.3, 0.4) is 0 Å². The van der Waals surface area contributed by atoms with Crippen LogP contribution in [-0.2, 0) is 11.2 Å². The van der Waals surface area contributed by atoms with E-state index in [9.17, 15) is 9.18 Å². The summed E-state index contributed by atoms with van der Waals surface area (Å²) in [7, 11) is 1.74. The highest BCUT2D eigenvalue weighted by atomic mass is 19.1. The number of piperidine rings is 1. The number of rotatable bonds is 7. The maximum Gasteiger partial charge on any atom is 0.183 e. The van der Waals surface area contributed by atoms with Gasteiger partial charge in [0, 0.05) is 37.5 Å². The van der Waals surface area contributed by atoms with Gasteiger partial charge >= 0.3 is 0 Å². The lowest BCUT2D eigenvalue weighted by molar-refractivity contribution is 0.0989. The molecule has 0 amide bonds. The molecule has 4 nitrogen and oxygen atoms in total. The van der Waals surface area contributed by atoms with E-state index in [0.29, 0.717) is 17.2 Å².